The van der Waals surface area contributed by atoms with E-state index in [9.17, 15) is 5.11 Å². The molecule has 2 saturated heterocycles. The molecule has 0 spiro atoms. The van der Waals surface area contributed by atoms with E-state index in [0.717, 1.165) is 32.8 Å². The first-order chi connectivity index (χ1) is 8.50. The zero-order valence-electron chi connectivity index (χ0n) is 12.1. The molecule has 0 radical (unpaired) electrons. The van der Waals surface area contributed by atoms with E-state index in [1.54, 1.807) is 0 Å². The molecule has 2 atom stereocenters. The average molecular weight is 256 g/mol. The third-order valence-electron chi connectivity index (χ3n) is 4.04. The molecular weight excluding hydrogens is 228 g/mol. The van der Waals surface area contributed by atoms with Gasteiger partial charge in [0.2, 0.25) is 0 Å². The zero-order chi connectivity index (χ0) is 13.2. The quantitative estimate of drug-likeness (QED) is 0.810. The standard InChI is InChI=1S/C14H28N2O2/c1-14(2)10-15(3)7-12(9-17)16(11-14)8-13-5-4-6-18-13/h12-13,17H,4-11H2,1-3H3. The summed E-state index contributed by atoms with van der Waals surface area (Å²) in [5.74, 6) is 0. The fourth-order valence-corrected chi connectivity index (χ4v) is 3.44. The Labute approximate surface area is 111 Å². The minimum atomic E-state index is 0.243. The van der Waals surface area contributed by atoms with Gasteiger partial charge in [0.1, 0.15) is 0 Å². The summed E-state index contributed by atoms with van der Waals surface area (Å²) in [6, 6.07) is 0.251. The van der Waals surface area contributed by atoms with E-state index in [-0.39, 0.29) is 18.1 Å². The molecule has 18 heavy (non-hydrogen) atoms. The van der Waals surface area contributed by atoms with Crippen molar-refractivity contribution in [3.05, 3.63) is 0 Å². The summed E-state index contributed by atoms with van der Waals surface area (Å²) in [6.45, 7) is 9.83. The maximum Gasteiger partial charge on any atom is 0.0702 e. The van der Waals surface area contributed by atoms with Gasteiger partial charge in [-0.15, -0.1) is 0 Å². The fraction of sp³-hybridized carbons (Fsp3) is 1.00. The van der Waals surface area contributed by atoms with Crippen molar-refractivity contribution in [2.45, 2.75) is 38.8 Å². The summed E-state index contributed by atoms with van der Waals surface area (Å²) < 4.78 is 5.75. The number of aliphatic hydroxyl groups is 1. The fourth-order valence-electron chi connectivity index (χ4n) is 3.44. The highest BCUT2D eigenvalue weighted by Gasteiger charge is 2.34. The van der Waals surface area contributed by atoms with Gasteiger partial charge in [-0.05, 0) is 25.3 Å². The Morgan fingerprint density at radius 1 is 1.33 bits per heavy atom. The summed E-state index contributed by atoms with van der Waals surface area (Å²) in [6.07, 6.45) is 2.73. The SMILES string of the molecule is CN1CC(CO)N(CC2CCCO2)CC(C)(C)C1. The molecular formula is C14H28N2O2. The molecule has 0 bridgehead atoms. The molecule has 106 valence electrons. The average Bonchev–Trinajstić information content (AvgIpc) is 2.72. The second-order valence-corrected chi connectivity index (χ2v) is 6.76. The van der Waals surface area contributed by atoms with E-state index >= 15 is 0 Å². The van der Waals surface area contributed by atoms with E-state index in [1.807, 2.05) is 0 Å². The minimum Gasteiger partial charge on any atom is -0.395 e. The Balaban J connectivity index is 2.02. The zero-order valence-corrected chi connectivity index (χ0v) is 12.1. The summed E-state index contributed by atoms with van der Waals surface area (Å²) in [7, 11) is 2.15. The normalized spacial score (nSPS) is 34.7. The van der Waals surface area contributed by atoms with Gasteiger partial charge < -0.3 is 14.7 Å². The van der Waals surface area contributed by atoms with E-state index in [2.05, 4.69) is 30.7 Å². The molecule has 2 heterocycles. The molecule has 0 amide bonds. The summed E-state index contributed by atoms with van der Waals surface area (Å²) in [4.78, 5) is 4.79. The molecule has 4 heteroatoms. The number of ether oxygens (including phenoxy) is 1. The van der Waals surface area contributed by atoms with Crippen LogP contribution < -0.4 is 0 Å². The van der Waals surface area contributed by atoms with Crippen molar-refractivity contribution in [1.82, 2.24) is 9.80 Å². The van der Waals surface area contributed by atoms with Crippen molar-refractivity contribution < 1.29 is 9.84 Å². The van der Waals surface area contributed by atoms with E-state index in [1.165, 1.54) is 12.8 Å². The maximum atomic E-state index is 9.64. The summed E-state index contributed by atoms with van der Waals surface area (Å²) >= 11 is 0. The van der Waals surface area contributed by atoms with Crippen LogP contribution in [0.25, 0.3) is 0 Å². The highest BCUT2D eigenvalue weighted by atomic mass is 16.5. The molecule has 2 aliphatic heterocycles. The highest BCUT2D eigenvalue weighted by Crippen LogP contribution is 2.25. The molecule has 2 fully saturated rings. The lowest BCUT2D eigenvalue weighted by atomic mass is 9.92. The number of aliphatic hydroxyl groups excluding tert-OH is 1. The number of hydrogen-bond donors (Lipinski definition) is 1. The van der Waals surface area contributed by atoms with Crippen LogP contribution in [-0.4, -0.2) is 73.5 Å². The third-order valence-corrected chi connectivity index (χ3v) is 4.04. The molecule has 2 unspecified atom stereocenters. The van der Waals surface area contributed by atoms with E-state index in [0.29, 0.717) is 6.10 Å². The minimum absolute atomic E-state index is 0.243. The number of nitrogens with zero attached hydrogens (tertiary/aromatic N) is 2. The Kier molecular flexibility index (Phi) is 4.64. The van der Waals surface area contributed by atoms with Gasteiger partial charge in [0, 0.05) is 38.8 Å². The van der Waals surface area contributed by atoms with Crippen LogP contribution >= 0.6 is 0 Å². The molecule has 1 N–H and O–H groups in total. The molecule has 0 aromatic carbocycles. The van der Waals surface area contributed by atoms with Crippen molar-refractivity contribution in [2.24, 2.45) is 5.41 Å². The number of likely N-dealkylation sites (N-methyl/N-ethyl adjacent to an activating group) is 1. The first kappa shape index (κ1) is 14.3. The van der Waals surface area contributed by atoms with Crippen molar-refractivity contribution >= 4 is 0 Å². The largest absolute Gasteiger partial charge is 0.395 e. The summed E-state index contributed by atoms with van der Waals surface area (Å²) in [5, 5.41) is 9.64. The molecule has 0 aromatic heterocycles. The van der Waals surface area contributed by atoms with Crippen molar-refractivity contribution in [3.8, 4) is 0 Å². The predicted octanol–water partition coefficient (Wildman–Crippen LogP) is 0.800. The van der Waals surface area contributed by atoms with Crippen molar-refractivity contribution in [2.75, 3.05) is 46.4 Å². The first-order valence-corrected chi connectivity index (χ1v) is 7.15. The van der Waals surface area contributed by atoms with Crippen LogP contribution in [0.3, 0.4) is 0 Å². The van der Waals surface area contributed by atoms with Crippen LogP contribution in [0.15, 0.2) is 0 Å². The molecule has 2 aliphatic rings. The van der Waals surface area contributed by atoms with Gasteiger partial charge in [0.05, 0.1) is 12.7 Å². The number of hydrogen-bond acceptors (Lipinski definition) is 4. The Hall–Kier alpha value is -0.160. The van der Waals surface area contributed by atoms with Crippen LogP contribution in [0, 0.1) is 5.41 Å². The van der Waals surface area contributed by atoms with Crippen molar-refractivity contribution in [1.29, 1.82) is 0 Å². The Bertz CT molecular complexity index is 265. The second-order valence-electron chi connectivity index (χ2n) is 6.76. The molecule has 4 nitrogen and oxygen atoms in total. The highest BCUT2D eigenvalue weighted by molar-refractivity contribution is 4.88. The van der Waals surface area contributed by atoms with Crippen molar-refractivity contribution in [3.63, 3.8) is 0 Å². The van der Waals surface area contributed by atoms with Gasteiger partial charge in [0.25, 0.3) is 0 Å². The molecule has 0 aliphatic carbocycles. The Morgan fingerprint density at radius 2 is 2.11 bits per heavy atom. The van der Waals surface area contributed by atoms with Crippen LogP contribution in [0.2, 0.25) is 0 Å². The first-order valence-electron chi connectivity index (χ1n) is 7.15. The van der Waals surface area contributed by atoms with Crippen LogP contribution in [0.4, 0.5) is 0 Å². The van der Waals surface area contributed by atoms with E-state index < -0.39 is 0 Å². The van der Waals surface area contributed by atoms with Crippen LogP contribution in [-0.2, 0) is 4.74 Å². The lowest BCUT2D eigenvalue weighted by Gasteiger charge is -2.34. The van der Waals surface area contributed by atoms with Gasteiger partial charge in [-0.25, -0.2) is 0 Å². The van der Waals surface area contributed by atoms with Gasteiger partial charge >= 0.3 is 0 Å². The van der Waals surface area contributed by atoms with Gasteiger partial charge in [-0.1, -0.05) is 13.8 Å². The lowest BCUT2D eigenvalue weighted by molar-refractivity contribution is 0.0334. The molecule has 0 saturated carbocycles. The monoisotopic (exact) mass is 256 g/mol. The Morgan fingerprint density at radius 3 is 2.72 bits per heavy atom. The van der Waals surface area contributed by atoms with Crippen LogP contribution in [0.5, 0.6) is 0 Å². The van der Waals surface area contributed by atoms with E-state index in [4.69, 9.17) is 4.74 Å². The summed E-state index contributed by atoms with van der Waals surface area (Å²) in [5.41, 5.74) is 0.275. The molecule has 2 rings (SSSR count). The maximum absolute atomic E-state index is 9.64. The van der Waals surface area contributed by atoms with Gasteiger partial charge in [0.15, 0.2) is 0 Å². The van der Waals surface area contributed by atoms with Gasteiger partial charge in [-0.3, -0.25) is 4.90 Å². The van der Waals surface area contributed by atoms with Crippen LogP contribution in [0.1, 0.15) is 26.7 Å². The molecule has 0 aromatic rings. The lowest BCUT2D eigenvalue weighted by Crippen LogP contribution is -2.47. The smallest absolute Gasteiger partial charge is 0.0702 e. The number of rotatable bonds is 3. The third kappa shape index (κ3) is 3.67. The topological polar surface area (TPSA) is 35.9 Å². The predicted molar refractivity (Wildman–Crippen MR) is 72.7 cm³/mol. The van der Waals surface area contributed by atoms with Gasteiger partial charge in [-0.2, -0.15) is 0 Å². The second kappa shape index (κ2) is 5.87.